The average Bonchev–Trinajstić information content (AvgIpc) is 3.31. The first kappa shape index (κ1) is 23.3. The quantitative estimate of drug-likeness (QED) is 0.479. The van der Waals surface area contributed by atoms with Gasteiger partial charge in [-0.1, -0.05) is 27.5 Å². The number of carbonyl (C=O) groups is 3. The molecule has 9 heteroatoms. The number of hydrogen-bond acceptors (Lipinski definition) is 5. The van der Waals surface area contributed by atoms with E-state index in [0.717, 1.165) is 26.9 Å². The number of pyridine rings is 1. The van der Waals surface area contributed by atoms with Gasteiger partial charge < -0.3 is 5.32 Å². The Balaban J connectivity index is 1.45. The zero-order valence-corrected chi connectivity index (χ0v) is 20.5. The second-order valence-corrected chi connectivity index (χ2v) is 9.56. The van der Waals surface area contributed by atoms with Gasteiger partial charge in [-0.3, -0.25) is 19.4 Å². The molecule has 0 aliphatic heterocycles. The van der Waals surface area contributed by atoms with Crippen molar-refractivity contribution in [2.75, 3.05) is 6.54 Å². The minimum Gasteiger partial charge on any atom is -0.351 e. The van der Waals surface area contributed by atoms with Gasteiger partial charge in [-0.25, -0.2) is 4.68 Å². The molecule has 0 bridgehead atoms. The van der Waals surface area contributed by atoms with Crippen LogP contribution in [-0.4, -0.2) is 38.8 Å². The number of benzene rings is 1. The van der Waals surface area contributed by atoms with Crippen LogP contribution in [0, 0.1) is 19.8 Å². The van der Waals surface area contributed by atoms with Gasteiger partial charge in [0.15, 0.2) is 5.78 Å². The zero-order chi connectivity index (χ0) is 23.7. The van der Waals surface area contributed by atoms with Crippen LogP contribution >= 0.6 is 27.5 Å². The minimum atomic E-state index is -0.771. The SMILES string of the molecule is Cc1cc(-n2cc(Cl)cn2)cc(C)c1C1C(=O)CC(CCNC(=O)c2cc(Br)ccn2)C1=O. The average molecular weight is 530 g/mol. The third-order valence-electron chi connectivity index (χ3n) is 5.87. The molecule has 1 aromatic carbocycles. The molecule has 1 N–H and O–H groups in total. The summed E-state index contributed by atoms with van der Waals surface area (Å²) in [5.41, 5.74) is 3.59. The summed E-state index contributed by atoms with van der Waals surface area (Å²) in [7, 11) is 0. The molecule has 7 nitrogen and oxygen atoms in total. The Morgan fingerprint density at radius 2 is 1.97 bits per heavy atom. The van der Waals surface area contributed by atoms with Crippen molar-refractivity contribution in [3.63, 3.8) is 0 Å². The van der Waals surface area contributed by atoms with Crippen LogP contribution in [0.25, 0.3) is 5.69 Å². The van der Waals surface area contributed by atoms with Gasteiger partial charge in [0.25, 0.3) is 5.91 Å². The number of halogens is 2. The molecular weight excluding hydrogens is 508 g/mol. The van der Waals surface area contributed by atoms with E-state index in [9.17, 15) is 14.4 Å². The first-order chi connectivity index (χ1) is 15.7. The molecule has 170 valence electrons. The number of rotatable bonds is 6. The first-order valence-corrected chi connectivity index (χ1v) is 11.7. The van der Waals surface area contributed by atoms with E-state index in [-0.39, 0.29) is 23.9 Å². The Labute approximate surface area is 204 Å². The largest absolute Gasteiger partial charge is 0.351 e. The number of carbonyl (C=O) groups excluding carboxylic acids is 3. The highest BCUT2D eigenvalue weighted by Gasteiger charge is 2.42. The summed E-state index contributed by atoms with van der Waals surface area (Å²) in [6.07, 6.45) is 5.39. The van der Waals surface area contributed by atoms with Gasteiger partial charge in [0, 0.05) is 35.7 Å². The van der Waals surface area contributed by atoms with Crippen LogP contribution in [0.2, 0.25) is 5.02 Å². The Bertz CT molecular complexity index is 1230. The van der Waals surface area contributed by atoms with Gasteiger partial charge in [0.2, 0.25) is 0 Å². The lowest BCUT2D eigenvalue weighted by Crippen LogP contribution is -2.28. The number of nitrogens with zero attached hydrogens (tertiary/aromatic N) is 3. The van der Waals surface area contributed by atoms with Crippen molar-refractivity contribution in [2.45, 2.75) is 32.6 Å². The molecule has 1 saturated carbocycles. The molecule has 1 aliphatic carbocycles. The first-order valence-electron chi connectivity index (χ1n) is 10.5. The third kappa shape index (κ3) is 4.91. The fraction of sp³-hybridized carbons (Fsp3) is 0.292. The topological polar surface area (TPSA) is 93.9 Å². The second-order valence-electron chi connectivity index (χ2n) is 8.20. The van der Waals surface area contributed by atoms with Crippen molar-refractivity contribution >= 4 is 45.0 Å². The van der Waals surface area contributed by atoms with E-state index in [0.29, 0.717) is 23.7 Å². The number of hydrogen-bond donors (Lipinski definition) is 1. The summed E-state index contributed by atoms with van der Waals surface area (Å²) in [5.74, 6) is -1.66. The molecule has 1 amide bonds. The normalized spacial score (nSPS) is 18.1. The van der Waals surface area contributed by atoms with Gasteiger partial charge >= 0.3 is 0 Å². The molecule has 2 aromatic heterocycles. The van der Waals surface area contributed by atoms with E-state index in [1.807, 2.05) is 26.0 Å². The van der Waals surface area contributed by atoms with E-state index in [2.05, 4.69) is 31.3 Å². The molecule has 2 heterocycles. The highest BCUT2D eigenvalue weighted by atomic mass is 79.9. The van der Waals surface area contributed by atoms with Crippen LogP contribution in [0.5, 0.6) is 0 Å². The number of aryl methyl sites for hydroxylation is 2. The van der Waals surface area contributed by atoms with E-state index < -0.39 is 11.8 Å². The molecule has 0 radical (unpaired) electrons. The van der Waals surface area contributed by atoms with Crippen LogP contribution in [-0.2, 0) is 9.59 Å². The van der Waals surface area contributed by atoms with Gasteiger partial charge in [0.1, 0.15) is 17.4 Å². The van der Waals surface area contributed by atoms with Crippen LogP contribution in [0.4, 0.5) is 0 Å². The van der Waals surface area contributed by atoms with E-state index in [1.54, 1.807) is 35.4 Å². The molecule has 1 aliphatic rings. The van der Waals surface area contributed by atoms with Crippen molar-refractivity contribution < 1.29 is 14.4 Å². The van der Waals surface area contributed by atoms with Crippen molar-refractivity contribution in [3.8, 4) is 5.69 Å². The zero-order valence-electron chi connectivity index (χ0n) is 18.1. The molecule has 0 spiro atoms. The van der Waals surface area contributed by atoms with Gasteiger partial charge in [-0.05, 0) is 61.2 Å². The minimum absolute atomic E-state index is 0.0777. The molecule has 0 saturated heterocycles. The molecular formula is C24H22BrClN4O3. The predicted molar refractivity (Wildman–Crippen MR) is 128 cm³/mol. The molecule has 3 aromatic rings. The number of aromatic nitrogens is 3. The molecule has 2 unspecified atom stereocenters. The van der Waals surface area contributed by atoms with Crippen LogP contribution in [0.3, 0.4) is 0 Å². The third-order valence-corrected chi connectivity index (χ3v) is 6.56. The van der Waals surface area contributed by atoms with E-state index in [4.69, 9.17) is 11.6 Å². The van der Waals surface area contributed by atoms with Crippen molar-refractivity contribution in [2.24, 2.45) is 5.92 Å². The smallest absolute Gasteiger partial charge is 0.269 e. The maximum atomic E-state index is 13.2. The highest BCUT2D eigenvalue weighted by molar-refractivity contribution is 9.10. The summed E-state index contributed by atoms with van der Waals surface area (Å²) < 4.78 is 2.42. The summed E-state index contributed by atoms with van der Waals surface area (Å²) >= 11 is 9.29. The fourth-order valence-corrected chi connectivity index (χ4v) is 4.84. The van der Waals surface area contributed by atoms with Crippen LogP contribution in [0.1, 0.15) is 45.9 Å². The summed E-state index contributed by atoms with van der Waals surface area (Å²) in [6, 6.07) is 7.18. The predicted octanol–water partition coefficient (Wildman–Crippen LogP) is 4.36. The summed E-state index contributed by atoms with van der Waals surface area (Å²) in [5, 5.41) is 7.54. The van der Waals surface area contributed by atoms with Crippen molar-refractivity contribution in [1.82, 2.24) is 20.1 Å². The van der Waals surface area contributed by atoms with Crippen LogP contribution in [0.15, 0.2) is 47.3 Å². The number of Topliss-reactive ketones (excluding diaryl/α,β-unsaturated/α-hetero) is 2. The molecule has 4 rings (SSSR count). The standard InChI is InChI=1S/C24H22BrClN4O3/c1-13-7-18(30-12-17(26)11-29-30)8-14(2)21(13)22-20(31)9-15(23(22)32)3-5-28-24(33)19-10-16(25)4-6-27-19/h4,6-8,10-12,15,22H,3,5,9H2,1-2H3,(H,28,33). The molecule has 2 atom stereocenters. The van der Waals surface area contributed by atoms with Gasteiger partial charge in [-0.15, -0.1) is 0 Å². The Morgan fingerprint density at radius 3 is 2.61 bits per heavy atom. The molecule has 1 fully saturated rings. The number of ketones is 2. The van der Waals surface area contributed by atoms with Crippen molar-refractivity contribution in [1.29, 1.82) is 0 Å². The summed E-state index contributed by atoms with van der Waals surface area (Å²) in [6.45, 7) is 4.09. The maximum absolute atomic E-state index is 13.2. The van der Waals surface area contributed by atoms with Gasteiger partial charge in [-0.2, -0.15) is 5.10 Å². The lowest BCUT2D eigenvalue weighted by atomic mass is 9.87. The lowest BCUT2D eigenvalue weighted by molar-refractivity contribution is -0.124. The second kappa shape index (κ2) is 9.57. The summed E-state index contributed by atoms with van der Waals surface area (Å²) in [4.78, 5) is 42.4. The van der Waals surface area contributed by atoms with Crippen LogP contribution < -0.4 is 5.32 Å². The van der Waals surface area contributed by atoms with E-state index >= 15 is 0 Å². The Hall–Kier alpha value is -2.84. The van der Waals surface area contributed by atoms with Gasteiger partial charge in [0.05, 0.1) is 16.9 Å². The number of amides is 1. The maximum Gasteiger partial charge on any atom is 0.269 e. The fourth-order valence-electron chi connectivity index (χ4n) is 4.36. The highest BCUT2D eigenvalue weighted by Crippen LogP contribution is 2.37. The van der Waals surface area contributed by atoms with Crippen molar-refractivity contribution in [3.05, 3.63) is 74.7 Å². The van der Waals surface area contributed by atoms with E-state index in [1.165, 1.54) is 0 Å². The monoisotopic (exact) mass is 528 g/mol. The molecule has 33 heavy (non-hydrogen) atoms. The lowest BCUT2D eigenvalue weighted by Gasteiger charge is -2.17. The number of nitrogens with one attached hydrogen (secondary N) is 1. The Kier molecular flexibility index (Phi) is 6.76. The Morgan fingerprint density at radius 1 is 1.24 bits per heavy atom.